The number of pyridine rings is 1. The van der Waals surface area contributed by atoms with Gasteiger partial charge in [-0.15, -0.1) is 0 Å². The lowest BCUT2D eigenvalue weighted by atomic mass is 9.83. The first-order valence-electron chi connectivity index (χ1n) is 7.43. The van der Waals surface area contributed by atoms with E-state index >= 15 is 0 Å². The minimum absolute atomic E-state index is 0.0644. The molecule has 1 aromatic heterocycles. The van der Waals surface area contributed by atoms with Crippen LogP contribution in [0.2, 0.25) is 0 Å². The first-order chi connectivity index (χ1) is 11.0. The van der Waals surface area contributed by atoms with Crippen LogP contribution < -0.4 is 10.1 Å². The van der Waals surface area contributed by atoms with Gasteiger partial charge >= 0.3 is 5.82 Å². The Morgan fingerprint density at radius 3 is 2.78 bits per heavy atom. The Bertz CT molecular complexity index is 647. The van der Waals surface area contributed by atoms with Crippen molar-refractivity contribution in [3.05, 3.63) is 27.9 Å². The number of hydrogen-bond donors (Lipinski definition) is 1. The molecule has 1 amide bonds. The van der Waals surface area contributed by atoms with Crippen molar-refractivity contribution in [2.45, 2.75) is 44.6 Å². The van der Waals surface area contributed by atoms with E-state index in [4.69, 9.17) is 4.74 Å². The van der Waals surface area contributed by atoms with Gasteiger partial charge in [0.1, 0.15) is 11.2 Å². The molecular weight excluding hydrogens is 300 g/mol. The fraction of sp³-hybridized carbons (Fsp3) is 0.533. The minimum atomic E-state index is -0.851. The van der Waals surface area contributed by atoms with Crippen LogP contribution in [0.3, 0.4) is 0 Å². The van der Waals surface area contributed by atoms with Gasteiger partial charge in [0.05, 0.1) is 6.07 Å². The molecule has 1 fully saturated rings. The number of nitrogens with zero attached hydrogens (tertiary/aromatic N) is 3. The van der Waals surface area contributed by atoms with Gasteiger partial charge in [-0.25, -0.2) is 0 Å². The SMILES string of the molecule is Cc1ccc(OCC(=O)NC2(C#N)CCCCC2)c([N+](=O)[O-])n1. The molecule has 0 aromatic carbocycles. The van der Waals surface area contributed by atoms with Crippen LogP contribution in [-0.2, 0) is 4.79 Å². The Kier molecular flexibility index (Phi) is 5.11. The van der Waals surface area contributed by atoms with Crippen molar-refractivity contribution >= 4 is 11.7 Å². The molecule has 1 aliphatic rings. The molecule has 23 heavy (non-hydrogen) atoms. The van der Waals surface area contributed by atoms with E-state index in [1.165, 1.54) is 6.07 Å². The summed E-state index contributed by atoms with van der Waals surface area (Å²) in [5.41, 5.74) is -0.366. The smallest absolute Gasteiger partial charge is 0.406 e. The summed E-state index contributed by atoms with van der Waals surface area (Å²) in [6.07, 6.45) is 4.06. The number of carbonyl (C=O) groups is 1. The van der Waals surface area contributed by atoms with E-state index in [1.54, 1.807) is 13.0 Å². The second-order valence-corrected chi connectivity index (χ2v) is 5.62. The Labute approximate surface area is 133 Å². The number of ether oxygens (including phenoxy) is 1. The maximum Gasteiger partial charge on any atom is 0.406 e. The van der Waals surface area contributed by atoms with E-state index in [1.807, 2.05) is 0 Å². The molecule has 0 radical (unpaired) electrons. The molecule has 1 aromatic rings. The van der Waals surface area contributed by atoms with Gasteiger partial charge in [0, 0.05) is 6.92 Å². The monoisotopic (exact) mass is 318 g/mol. The second kappa shape index (κ2) is 7.05. The zero-order chi connectivity index (χ0) is 16.9. The van der Waals surface area contributed by atoms with Gasteiger partial charge in [-0.1, -0.05) is 19.3 Å². The number of rotatable bonds is 5. The molecule has 1 N–H and O–H groups in total. The van der Waals surface area contributed by atoms with Gasteiger partial charge in [-0.05, 0) is 34.9 Å². The van der Waals surface area contributed by atoms with E-state index in [9.17, 15) is 20.2 Å². The fourth-order valence-corrected chi connectivity index (χ4v) is 2.64. The molecule has 0 bridgehead atoms. The van der Waals surface area contributed by atoms with Crippen LogP contribution >= 0.6 is 0 Å². The molecule has 2 rings (SSSR count). The molecule has 1 aliphatic carbocycles. The summed E-state index contributed by atoms with van der Waals surface area (Å²) < 4.78 is 5.22. The van der Waals surface area contributed by atoms with E-state index in [2.05, 4.69) is 16.4 Å². The predicted octanol–water partition coefficient (Wildman–Crippen LogP) is 2.02. The summed E-state index contributed by atoms with van der Waals surface area (Å²) >= 11 is 0. The molecule has 1 heterocycles. The lowest BCUT2D eigenvalue weighted by Gasteiger charge is -2.31. The number of carbonyl (C=O) groups excluding carboxylic acids is 1. The van der Waals surface area contributed by atoms with E-state index in [0.717, 1.165) is 19.3 Å². The Morgan fingerprint density at radius 1 is 1.48 bits per heavy atom. The maximum atomic E-state index is 12.0. The lowest BCUT2D eigenvalue weighted by molar-refractivity contribution is -0.390. The quantitative estimate of drug-likeness (QED) is 0.655. The van der Waals surface area contributed by atoms with Gasteiger partial charge in [-0.3, -0.25) is 4.79 Å². The highest BCUT2D eigenvalue weighted by Crippen LogP contribution is 2.28. The van der Waals surface area contributed by atoms with Crippen molar-refractivity contribution in [2.24, 2.45) is 0 Å². The Morgan fingerprint density at radius 2 is 2.17 bits per heavy atom. The van der Waals surface area contributed by atoms with E-state index in [0.29, 0.717) is 18.5 Å². The van der Waals surface area contributed by atoms with Crippen LogP contribution in [0.15, 0.2) is 12.1 Å². The van der Waals surface area contributed by atoms with Crippen LogP contribution in [0.25, 0.3) is 0 Å². The number of nitro groups is 1. The van der Waals surface area contributed by atoms with Crippen LogP contribution in [-0.4, -0.2) is 28.0 Å². The van der Waals surface area contributed by atoms with Gasteiger partial charge in [0.15, 0.2) is 6.61 Å². The molecule has 1 saturated carbocycles. The van der Waals surface area contributed by atoms with Crippen LogP contribution in [0, 0.1) is 28.4 Å². The van der Waals surface area contributed by atoms with Crippen LogP contribution in [0.4, 0.5) is 5.82 Å². The zero-order valence-corrected chi connectivity index (χ0v) is 12.9. The van der Waals surface area contributed by atoms with Crippen LogP contribution in [0.5, 0.6) is 5.75 Å². The summed E-state index contributed by atoms with van der Waals surface area (Å²) in [5, 5.41) is 23.0. The molecule has 122 valence electrons. The topological polar surface area (TPSA) is 118 Å². The van der Waals surface area contributed by atoms with E-state index in [-0.39, 0.29) is 5.75 Å². The molecule has 8 heteroatoms. The number of aryl methyl sites for hydroxylation is 1. The third kappa shape index (κ3) is 4.16. The van der Waals surface area contributed by atoms with Gasteiger partial charge in [0.2, 0.25) is 5.75 Å². The number of hydrogen-bond acceptors (Lipinski definition) is 6. The Hall–Kier alpha value is -2.69. The number of amides is 1. The maximum absolute atomic E-state index is 12.0. The van der Waals surface area contributed by atoms with Crippen molar-refractivity contribution in [3.63, 3.8) is 0 Å². The third-order valence-corrected chi connectivity index (χ3v) is 3.81. The van der Waals surface area contributed by atoms with Crippen molar-refractivity contribution in [1.82, 2.24) is 10.3 Å². The number of nitriles is 1. The summed E-state index contributed by atoms with van der Waals surface area (Å²) in [6.45, 7) is 1.23. The third-order valence-electron chi connectivity index (χ3n) is 3.81. The van der Waals surface area contributed by atoms with Gasteiger partial charge < -0.3 is 20.2 Å². The molecule has 0 saturated heterocycles. The van der Waals surface area contributed by atoms with Crippen LogP contribution in [0.1, 0.15) is 37.8 Å². The molecule has 8 nitrogen and oxygen atoms in total. The Balaban J connectivity index is 1.99. The highest BCUT2D eigenvalue weighted by atomic mass is 16.6. The van der Waals surface area contributed by atoms with Crippen molar-refractivity contribution < 1.29 is 14.5 Å². The van der Waals surface area contributed by atoms with Crippen molar-refractivity contribution in [1.29, 1.82) is 5.26 Å². The number of nitrogens with one attached hydrogen (secondary N) is 1. The van der Waals surface area contributed by atoms with Gasteiger partial charge in [-0.2, -0.15) is 5.26 Å². The molecule has 0 aliphatic heterocycles. The largest absolute Gasteiger partial charge is 0.476 e. The minimum Gasteiger partial charge on any atom is -0.476 e. The van der Waals surface area contributed by atoms with Gasteiger partial charge in [0.25, 0.3) is 5.91 Å². The summed E-state index contributed by atoms with van der Waals surface area (Å²) in [7, 11) is 0. The second-order valence-electron chi connectivity index (χ2n) is 5.62. The lowest BCUT2D eigenvalue weighted by Crippen LogP contribution is -2.50. The normalized spacial score (nSPS) is 16.2. The standard InChI is InChI=1S/C15H18N4O4/c1-11-5-6-12(14(17-11)19(21)22)23-9-13(20)18-15(10-16)7-3-2-4-8-15/h5-6H,2-4,7-9H2,1H3,(H,18,20). The first-order valence-corrected chi connectivity index (χ1v) is 7.43. The van der Waals surface area contributed by atoms with E-state index < -0.39 is 28.8 Å². The molecule has 0 spiro atoms. The number of aromatic nitrogens is 1. The highest BCUT2D eigenvalue weighted by Gasteiger charge is 2.33. The fourth-order valence-electron chi connectivity index (χ4n) is 2.64. The molecule has 0 unspecified atom stereocenters. The molecule has 0 atom stereocenters. The zero-order valence-electron chi connectivity index (χ0n) is 12.9. The summed E-state index contributed by atoms with van der Waals surface area (Å²) in [6, 6.07) is 5.15. The summed E-state index contributed by atoms with van der Waals surface area (Å²) in [4.78, 5) is 26.1. The van der Waals surface area contributed by atoms with Crippen molar-refractivity contribution in [2.75, 3.05) is 6.61 Å². The first kappa shape index (κ1) is 16.7. The summed E-state index contributed by atoms with van der Waals surface area (Å²) in [5.74, 6) is -0.959. The highest BCUT2D eigenvalue weighted by molar-refractivity contribution is 5.79. The molecular formula is C15H18N4O4. The average Bonchev–Trinajstić information content (AvgIpc) is 2.54. The average molecular weight is 318 g/mol. The predicted molar refractivity (Wildman–Crippen MR) is 80.7 cm³/mol. The van der Waals surface area contributed by atoms with Crippen molar-refractivity contribution in [3.8, 4) is 11.8 Å².